The highest BCUT2D eigenvalue weighted by Crippen LogP contribution is 2.29. The van der Waals surface area contributed by atoms with Crippen LogP contribution in [0.5, 0.6) is 5.75 Å². The molecule has 3 heterocycles. The first-order valence-corrected chi connectivity index (χ1v) is 8.05. The van der Waals surface area contributed by atoms with Gasteiger partial charge in [0.1, 0.15) is 5.75 Å². The molecule has 0 unspecified atom stereocenters. The number of ether oxygens (including phenoxy) is 1. The highest BCUT2D eigenvalue weighted by molar-refractivity contribution is 5.94. The number of carbonyl (C=O) groups excluding carboxylic acids is 2. The van der Waals surface area contributed by atoms with Crippen LogP contribution in [0.25, 0.3) is 0 Å². The van der Waals surface area contributed by atoms with Crippen molar-refractivity contribution in [3.63, 3.8) is 0 Å². The van der Waals surface area contributed by atoms with Gasteiger partial charge in [-0.1, -0.05) is 0 Å². The zero-order chi connectivity index (χ0) is 17.3. The van der Waals surface area contributed by atoms with Crippen LogP contribution >= 0.6 is 0 Å². The summed E-state index contributed by atoms with van der Waals surface area (Å²) in [5, 5.41) is 0. The average molecular weight is 338 g/mol. The van der Waals surface area contributed by atoms with E-state index < -0.39 is 6.61 Å². The van der Waals surface area contributed by atoms with Crippen molar-refractivity contribution in [3.8, 4) is 5.75 Å². The van der Waals surface area contributed by atoms with Gasteiger partial charge >= 0.3 is 6.61 Å². The summed E-state index contributed by atoms with van der Waals surface area (Å²) >= 11 is 0. The van der Waals surface area contributed by atoms with Gasteiger partial charge in [0.05, 0.1) is 0 Å². The number of benzene rings is 1. The Morgan fingerprint density at radius 3 is 2.46 bits per heavy atom. The molecule has 1 aromatic carbocycles. The number of halogens is 2. The highest BCUT2D eigenvalue weighted by atomic mass is 19.3. The lowest BCUT2D eigenvalue weighted by Crippen LogP contribution is -2.47. The Bertz CT molecular complexity index is 621. The molecule has 0 N–H and O–H groups in total. The normalized spacial score (nSPS) is 23.3. The summed E-state index contributed by atoms with van der Waals surface area (Å²) in [6, 6.07) is 5.76. The molecule has 4 rings (SSSR count). The van der Waals surface area contributed by atoms with E-state index in [4.69, 9.17) is 0 Å². The van der Waals surface area contributed by atoms with Crippen LogP contribution in [-0.4, -0.2) is 53.9 Å². The van der Waals surface area contributed by atoms with E-state index in [-0.39, 0.29) is 29.5 Å². The lowest BCUT2D eigenvalue weighted by atomic mass is 9.94. The summed E-state index contributed by atoms with van der Waals surface area (Å²) in [5.74, 6) is 0.230. The molecule has 1 aromatic rings. The molecule has 2 bridgehead atoms. The minimum atomic E-state index is -2.88. The molecule has 0 spiro atoms. The quantitative estimate of drug-likeness (QED) is 0.850. The smallest absolute Gasteiger partial charge is 0.387 e. The van der Waals surface area contributed by atoms with Crippen LogP contribution in [0.3, 0.4) is 0 Å². The van der Waals surface area contributed by atoms with Gasteiger partial charge in [-0.05, 0) is 43.0 Å². The van der Waals surface area contributed by atoms with Crippen molar-refractivity contribution in [2.45, 2.75) is 32.4 Å². The maximum Gasteiger partial charge on any atom is 0.387 e. The first-order valence-electron chi connectivity index (χ1n) is 8.05. The van der Waals surface area contributed by atoms with E-state index in [2.05, 4.69) is 4.74 Å². The number of rotatable bonds is 3. The lowest BCUT2D eigenvalue weighted by Gasteiger charge is -2.36. The van der Waals surface area contributed by atoms with Gasteiger partial charge < -0.3 is 14.5 Å². The van der Waals surface area contributed by atoms with Gasteiger partial charge in [-0.25, -0.2) is 0 Å². The van der Waals surface area contributed by atoms with Crippen molar-refractivity contribution in [2.75, 3.05) is 19.6 Å². The van der Waals surface area contributed by atoms with Crippen molar-refractivity contribution in [1.29, 1.82) is 0 Å². The number of piperidine rings is 1. The number of hydrogen-bond acceptors (Lipinski definition) is 3. The van der Waals surface area contributed by atoms with E-state index in [0.29, 0.717) is 25.2 Å². The summed E-state index contributed by atoms with van der Waals surface area (Å²) in [7, 11) is 0. The standard InChI is InChI=1S/C17H20F2N2O3/c1-11(22)20-8-12-2-5-14(10-20)21(9-12)16(23)13-3-6-15(7-4-13)24-17(18)19/h3-4,6-7,12,14,17H,2,5,8-10H2,1H3/t12-,14+/m1/s1. The molecule has 2 amide bonds. The number of hydrogen-bond donors (Lipinski definition) is 0. The molecule has 2 atom stereocenters. The summed E-state index contributed by atoms with van der Waals surface area (Å²) < 4.78 is 28.7. The molecule has 0 aromatic heterocycles. The molecule has 3 fully saturated rings. The molecular formula is C17H20F2N2O3. The first-order chi connectivity index (χ1) is 11.4. The number of amides is 2. The van der Waals surface area contributed by atoms with Crippen LogP contribution < -0.4 is 4.74 Å². The molecule has 0 radical (unpaired) electrons. The van der Waals surface area contributed by atoms with Crippen LogP contribution in [0.4, 0.5) is 8.78 Å². The SMILES string of the molecule is CC(=O)N1C[C@H]2CC[C@@H](C1)N(C(=O)c1ccc(OC(F)F)cc1)C2. The Hall–Kier alpha value is -2.18. The predicted molar refractivity (Wildman–Crippen MR) is 82.9 cm³/mol. The molecule has 130 valence electrons. The Balaban J connectivity index is 1.74. The number of carbonyl (C=O) groups is 2. The Morgan fingerprint density at radius 1 is 1.12 bits per heavy atom. The van der Waals surface area contributed by atoms with Crippen LogP contribution in [0.1, 0.15) is 30.1 Å². The number of nitrogens with zero attached hydrogens (tertiary/aromatic N) is 2. The Labute approximate surface area is 139 Å². The second-order valence-electron chi connectivity index (χ2n) is 6.38. The minimum Gasteiger partial charge on any atom is -0.435 e. The van der Waals surface area contributed by atoms with E-state index in [9.17, 15) is 18.4 Å². The Kier molecular flexibility index (Phi) is 4.69. The summed E-state index contributed by atoms with van der Waals surface area (Å²) in [6.45, 7) is 0.549. The van der Waals surface area contributed by atoms with Crippen LogP contribution in [0.2, 0.25) is 0 Å². The van der Waals surface area contributed by atoms with Crippen LogP contribution in [0.15, 0.2) is 24.3 Å². The van der Waals surface area contributed by atoms with Gasteiger partial charge in [-0.15, -0.1) is 0 Å². The van der Waals surface area contributed by atoms with E-state index in [1.165, 1.54) is 24.3 Å². The number of alkyl halides is 2. The summed E-state index contributed by atoms with van der Waals surface area (Å²) in [4.78, 5) is 28.1. The fourth-order valence-electron chi connectivity index (χ4n) is 3.53. The second kappa shape index (κ2) is 6.75. The van der Waals surface area contributed by atoms with Gasteiger partial charge in [0.25, 0.3) is 5.91 Å². The third kappa shape index (κ3) is 3.49. The van der Waals surface area contributed by atoms with Gasteiger partial charge in [0.15, 0.2) is 0 Å². The molecule has 0 saturated carbocycles. The van der Waals surface area contributed by atoms with Gasteiger partial charge in [0, 0.05) is 38.2 Å². The third-order valence-electron chi connectivity index (χ3n) is 4.75. The molecule has 0 aliphatic carbocycles. The first kappa shape index (κ1) is 16.7. The highest BCUT2D eigenvalue weighted by Gasteiger charge is 2.38. The van der Waals surface area contributed by atoms with Crippen molar-refractivity contribution >= 4 is 11.8 Å². The van der Waals surface area contributed by atoms with Crippen LogP contribution in [0, 0.1) is 5.92 Å². The van der Waals surface area contributed by atoms with E-state index >= 15 is 0 Å². The predicted octanol–water partition coefficient (Wildman–Crippen LogP) is 2.37. The van der Waals surface area contributed by atoms with Crippen molar-refractivity contribution < 1.29 is 23.1 Å². The summed E-state index contributed by atoms with van der Waals surface area (Å²) in [6.07, 6.45) is 1.89. The largest absolute Gasteiger partial charge is 0.435 e. The molecule has 5 nitrogen and oxygen atoms in total. The van der Waals surface area contributed by atoms with E-state index in [1.54, 1.807) is 6.92 Å². The van der Waals surface area contributed by atoms with E-state index in [0.717, 1.165) is 12.8 Å². The lowest BCUT2D eigenvalue weighted by molar-refractivity contribution is -0.129. The number of fused-ring (bicyclic) bond motifs is 4. The van der Waals surface area contributed by atoms with Gasteiger partial charge in [0.2, 0.25) is 5.91 Å². The molecule has 7 heteroatoms. The zero-order valence-corrected chi connectivity index (χ0v) is 13.5. The third-order valence-corrected chi connectivity index (χ3v) is 4.75. The van der Waals surface area contributed by atoms with Gasteiger partial charge in [-0.3, -0.25) is 9.59 Å². The molecule has 3 aliphatic rings. The van der Waals surface area contributed by atoms with Crippen LogP contribution in [-0.2, 0) is 4.79 Å². The fourth-order valence-corrected chi connectivity index (χ4v) is 3.53. The topological polar surface area (TPSA) is 49.9 Å². The maximum absolute atomic E-state index is 12.8. The van der Waals surface area contributed by atoms with Crippen molar-refractivity contribution in [1.82, 2.24) is 9.80 Å². The molecule has 3 aliphatic heterocycles. The average Bonchev–Trinajstić information content (AvgIpc) is 2.86. The molecule has 3 saturated heterocycles. The monoisotopic (exact) mass is 338 g/mol. The van der Waals surface area contributed by atoms with Crippen molar-refractivity contribution in [3.05, 3.63) is 29.8 Å². The second-order valence-corrected chi connectivity index (χ2v) is 6.38. The molecular weight excluding hydrogens is 318 g/mol. The maximum atomic E-state index is 12.8. The van der Waals surface area contributed by atoms with Gasteiger partial charge in [-0.2, -0.15) is 8.78 Å². The zero-order valence-electron chi connectivity index (χ0n) is 13.5. The molecule has 24 heavy (non-hydrogen) atoms. The van der Waals surface area contributed by atoms with Crippen molar-refractivity contribution in [2.24, 2.45) is 5.92 Å². The minimum absolute atomic E-state index is 0.0112. The summed E-state index contributed by atoms with van der Waals surface area (Å²) in [5.41, 5.74) is 0.443. The fraction of sp³-hybridized carbons (Fsp3) is 0.529. The van der Waals surface area contributed by atoms with E-state index in [1.807, 2.05) is 9.80 Å². The Morgan fingerprint density at radius 2 is 1.83 bits per heavy atom.